The van der Waals surface area contributed by atoms with Crippen LogP contribution in [0.25, 0.3) is 0 Å². The van der Waals surface area contributed by atoms with Crippen LogP contribution in [0.15, 0.2) is 18.3 Å². The lowest BCUT2D eigenvalue weighted by Gasteiger charge is -2.30. The number of nitrogens with zero attached hydrogens (tertiary/aromatic N) is 2. The second-order valence-electron chi connectivity index (χ2n) is 5.26. The Morgan fingerprint density at radius 1 is 1.35 bits per heavy atom. The molecule has 1 heterocycles. The van der Waals surface area contributed by atoms with Gasteiger partial charge in [-0.3, -0.25) is 4.79 Å². The van der Waals surface area contributed by atoms with Gasteiger partial charge >= 0.3 is 0 Å². The zero-order valence-corrected chi connectivity index (χ0v) is 12.3. The zero-order chi connectivity index (χ0) is 14.4. The van der Waals surface area contributed by atoms with E-state index in [1.54, 1.807) is 12.3 Å². The van der Waals surface area contributed by atoms with Crippen LogP contribution in [0, 0.1) is 5.41 Å². The van der Waals surface area contributed by atoms with Gasteiger partial charge in [0.25, 0.3) is 0 Å². The summed E-state index contributed by atoms with van der Waals surface area (Å²) in [5, 5.41) is 10.7. The van der Waals surface area contributed by atoms with Gasteiger partial charge in [-0.2, -0.15) is 10.2 Å². The first-order valence-electron chi connectivity index (χ1n) is 7.00. The monoisotopic (exact) mass is 292 g/mol. The summed E-state index contributed by atoms with van der Waals surface area (Å²) in [6.07, 6.45) is 7.37. The fraction of sp³-hybridized carbons (Fsp3) is 0.571. The van der Waals surface area contributed by atoms with Gasteiger partial charge in [0.1, 0.15) is 0 Å². The molecule has 0 saturated heterocycles. The van der Waals surface area contributed by atoms with Crippen LogP contribution in [0.2, 0.25) is 0 Å². The van der Waals surface area contributed by atoms with Crippen molar-refractivity contribution in [2.75, 3.05) is 0 Å². The van der Waals surface area contributed by atoms with Crippen LogP contribution in [0.1, 0.15) is 44.2 Å². The molecule has 5 nitrogen and oxygen atoms in total. The molecule has 3 N–H and O–H groups in total. The predicted octanol–water partition coefficient (Wildman–Crippen LogP) is 1.72. The van der Waals surface area contributed by atoms with E-state index in [1.165, 1.54) is 0 Å². The van der Waals surface area contributed by atoms with E-state index in [0.717, 1.165) is 44.2 Å². The van der Waals surface area contributed by atoms with Crippen molar-refractivity contribution < 1.29 is 4.79 Å². The van der Waals surface area contributed by atoms with Crippen LogP contribution >= 0.6 is 12.2 Å². The number of hydrogen-bond acceptors (Lipinski definition) is 4. The first kappa shape index (κ1) is 14.8. The van der Waals surface area contributed by atoms with Crippen LogP contribution in [0.3, 0.4) is 0 Å². The average molecular weight is 292 g/mol. The highest BCUT2D eigenvalue weighted by atomic mass is 32.1. The van der Waals surface area contributed by atoms with Gasteiger partial charge in [0.05, 0.1) is 22.6 Å². The molecule has 0 radical (unpaired) electrons. The largest absolute Gasteiger partial charge is 0.392 e. The van der Waals surface area contributed by atoms with Crippen LogP contribution in [0.4, 0.5) is 0 Å². The maximum atomic E-state index is 12.6. The molecule has 1 saturated carbocycles. The molecule has 0 bridgehead atoms. The fourth-order valence-corrected chi connectivity index (χ4v) is 2.98. The summed E-state index contributed by atoms with van der Waals surface area (Å²) in [7, 11) is 0. The number of carbonyl (C=O) groups excluding carboxylic acids is 1. The number of rotatable bonds is 4. The quantitative estimate of drug-likeness (QED) is 0.652. The molecule has 2 rings (SSSR count). The van der Waals surface area contributed by atoms with E-state index in [-0.39, 0.29) is 5.91 Å². The molecule has 0 aliphatic heterocycles. The SMILES string of the molecule is NC(=S)C1(C(=O)NCc2cccnn2)CCCCCC1. The molecular weight excluding hydrogens is 272 g/mol. The molecule has 108 valence electrons. The Kier molecular flexibility index (Phi) is 5.00. The van der Waals surface area contributed by atoms with Gasteiger partial charge in [-0.1, -0.05) is 37.9 Å². The molecule has 6 heteroatoms. The number of nitrogens with two attached hydrogens (primary N) is 1. The smallest absolute Gasteiger partial charge is 0.233 e. The lowest BCUT2D eigenvalue weighted by atomic mass is 9.79. The molecule has 1 aliphatic rings. The van der Waals surface area contributed by atoms with Crippen molar-refractivity contribution in [1.29, 1.82) is 0 Å². The van der Waals surface area contributed by atoms with Crippen molar-refractivity contribution >= 4 is 23.1 Å². The van der Waals surface area contributed by atoms with Gasteiger partial charge < -0.3 is 11.1 Å². The number of thiocarbonyl (C=S) groups is 1. The maximum absolute atomic E-state index is 12.6. The van der Waals surface area contributed by atoms with Gasteiger partial charge in [0, 0.05) is 6.20 Å². The van der Waals surface area contributed by atoms with Crippen molar-refractivity contribution in [3.8, 4) is 0 Å². The third kappa shape index (κ3) is 3.30. The Balaban J connectivity index is 2.05. The molecule has 20 heavy (non-hydrogen) atoms. The first-order chi connectivity index (χ1) is 9.65. The highest BCUT2D eigenvalue weighted by molar-refractivity contribution is 7.80. The Labute approximate surface area is 124 Å². The van der Waals surface area contributed by atoms with Crippen LogP contribution in [-0.2, 0) is 11.3 Å². The summed E-state index contributed by atoms with van der Waals surface area (Å²) in [5.41, 5.74) is 5.93. The number of carbonyl (C=O) groups is 1. The van der Waals surface area contributed by atoms with E-state index in [9.17, 15) is 4.79 Å². The highest BCUT2D eigenvalue weighted by Crippen LogP contribution is 2.35. The van der Waals surface area contributed by atoms with Crippen molar-refractivity contribution in [2.45, 2.75) is 45.1 Å². The van der Waals surface area contributed by atoms with Gasteiger partial charge in [-0.05, 0) is 25.0 Å². The van der Waals surface area contributed by atoms with Crippen LogP contribution < -0.4 is 11.1 Å². The first-order valence-corrected chi connectivity index (χ1v) is 7.41. The summed E-state index contributed by atoms with van der Waals surface area (Å²) in [4.78, 5) is 12.9. The van der Waals surface area contributed by atoms with Gasteiger partial charge in [-0.15, -0.1) is 0 Å². The molecule has 1 amide bonds. The molecule has 1 aliphatic carbocycles. The Hall–Kier alpha value is -1.56. The molecule has 1 aromatic rings. The number of nitrogens with one attached hydrogen (secondary N) is 1. The summed E-state index contributed by atoms with van der Waals surface area (Å²) in [6, 6.07) is 3.62. The molecule has 0 spiro atoms. The minimum atomic E-state index is -0.686. The molecule has 0 unspecified atom stereocenters. The van der Waals surface area contributed by atoms with Gasteiger partial charge in [0.2, 0.25) is 5.91 Å². The standard InChI is InChI=1S/C14H20N4OS/c15-12(20)14(7-3-1-2-4-8-14)13(19)16-10-11-6-5-9-17-18-11/h5-6,9H,1-4,7-8,10H2,(H2,15,20)(H,16,19). The van der Waals surface area contributed by atoms with E-state index in [1.807, 2.05) is 6.07 Å². The summed E-state index contributed by atoms with van der Waals surface area (Å²) < 4.78 is 0. The fourth-order valence-electron chi connectivity index (χ4n) is 2.69. The average Bonchev–Trinajstić information content (AvgIpc) is 2.72. The van der Waals surface area contributed by atoms with E-state index in [4.69, 9.17) is 18.0 Å². The van der Waals surface area contributed by atoms with E-state index < -0.39 is 5.41 Å². The maximum Gasteiger partial charge on any atom is 0.233 e. The van der Waals surface area contributed by atoms with Gasteiger partial charge in [-0.25, -0.2) is 0 Å². The second kappa shape index (κ2) is 6.74. The minimum Gasteiger partial charge on any atom is -0.392 e. The van der Waals surface area contributed by atoms with Gasteiger partial charge in [0.15, 0.2) is 0 Å². The van der Waals surface area contributed by atoms with Crippen molar-refractivity contribution in [3.63, 3.8) is 0 Å². The summed E-state index contributed by atoms with van der Waals surface area (Å²) in [5.74, 6) is -0.0717. The third-order valence-corrected chi connectivity index (χ3v) is 4.31. The molecule has 1 fully saturated rings. The lowest BCUT2D eigenvalue weighted by molar-refractivity contribution is -0.128. The third-order valence-electron chi connectivity index (χ3n) is 3.92. The topological polar surface area (TPSA) is 80.9 Å². The van der Waals surface area contributed by atoms with Crippen molar-refractivity contribution in [2.24, 2.45) is 11.1 Å². The van der Waals surface area contributed by atoms with E-state index in [2.05, 4.69) is 15.5 Å². The number of hydrogen-bond donors (Lipinski definition) is 2. The molecule has 0 atom stereocenters. The summed E-state index contributed by atoms with van der Waals surface area (Å²) in [6.45, 7) is 0.358. The summed E-state index contributed by atoms with van der Waals surface area (Å²) >= 11 is 5.18. The van der Waals surface area contributed by atoms with E-state index in [0.29, 0.717) is 11.5 Å². The normalized spacial score (nSPS) is 18.0. The predicted molar refractivity (Wildman–Crippen MR) is 80.8 cm³/mol. The lowest BCUT2D eigenvalue weighted by Crippen LogP contribution is -2.48. The van der Waals surface area contributed by atoms with Crippen LogP contribution in [0.5, 0.6) is 0 Å². The van der Waals surface area contributed by atoms with Crippen molar-refractivity contribution in [1.82, 2.24) is 15.5 Å². The molecule has 0 aromatic carbocycles. The van der Waals surface area contributed by atoms with Crippen LogP contribution in [-0.4, -0.2) is 21.1 Å². The number of aromatic nitrogens is 2. The second-order valence-corrected chi connectivity index (χ2v) is 5.70. The minimum absolute atomic E-state index is 0.0717. The Morgan fingerprint density at radius 2 is 2.05 bits per heavy atom. The number of amides is 1. The highest BCUT2D eigenvalue weighted by Gasteiger charge is 2.41. The molecular formula is C14H20N4OS. The molecule has 1 aromatic heterocycles. The van der Waals surface area contributed by atoms with E-state index >= 15 is 0 Å². The Bertz CT molecular complexity index is 469. The Morgan fingerprint density at radius 3 is 2.60 bits per heavy atom. The zero-order valence-electron chi connectivity index (χ0n) is 11.5. The van der Waals surface area contributed by atoms with Crippen molar-refractivity contribution in [3.05, 3.63) is 24.0 Å².